The van der Waals surface area contributed by atoms with E-state index in [0.29, 0.717) is 26.1 Å². The number of aliphatic carboxylic acids is 1. The van der Waals surface area contributed by atoms with Gasteiger partial charge < -0.3 is 25.0 Å². The molecular weight excluding hydrogens is 278 g/mol. The van der Waals surface area contributed by atoms with Gasteiger partial charge in [-0.3, -0.25) is 4.79 Å². The minimum absolute atomic E-state index is 0.0435. The Kier molecular flexibility index (Phi) is 4.54. The van der Waals surface area contributed by atoms with Crippen LogP contribution in [0.4, 0.5) is 9.59 Å². The van der Waals surface area contributed by atoms with E-state index in [0.717, 1.165) is 0 Å². The molecule has 3 amide bonds. The zero-order valence-corrected chi connectivity index (χ0v) is 12.2. The lowest BCUT2D eigenvalue weighted by molar-refractivity contribution is -0.142. The number of nitrogens with zero attached hydrogens (tertiary/aromatic N) is 2. The van der Waals surface area contributed by atoms with E-state index in [4.69, 9.17) is 5.11 Å². The first kappa shape index (κ1) is 15.4. The van der Waals surface area contributed by atoms with Crippen LogP contribution in [0.2, 0.25) is 0 Å². The monoisotopic (exact) mass is 299 g/mol. The van der Waals surface area contributed by atoms with Crippen LogP contribution in [0.5, 0.6) is 0 Å². The van der Waals surface area contributed by atoms with Crippen molar-refractivity contribution in [2.24, 2.45) is 11.8 Å². The highest BCUT2D eigenvalue weighted by molar-refractivity contribution is 5.78. The maximum absolute atomic E-state index is 12.4. The van der Waals surface area contributed by atoms with Crippen LogP contribution >= 0.6 is 0 Å². The number of methoxy groups -OCH3 is 1. The molecule has 0 aromatic rings. The maximum atomic E-state index is 12.4. The number of likely N-dealkylation sites (tertiary alicyclic amines) is 2. The first-order valence-corrected chi connectivity index (χ1v) is 7.03. The molecule has 2 aliphatic rings. The van der Waals surface area contributed by atoms with Gasteiger partial charge in [0.1, 0.15) is 0 Å². The van der Waals surface area contributed by atoms with Gasteiger partial charge in [-0.1, -0.05) is 6.92 Å². The van der Waals surface area contributed by atoms with E-state index in [-0.39, 0.29) is 24.5 Å². The standard InChI is InChI=1S/C13H21N3O5/c1-8-5-16(7-10(8)11(17)18)13(20)15-4-3-9(6-15)14-12(19)21-2/h8-10H,3-7H2,1-2H3,(H,14,19)(H,17,18). The minimum atomic E-state index is -0.857. The number of ether oxygens (including phenoxy) is 1. The van der Waals surface area contributed by atoms with Crippen molar-refractivity contribution in [3.05, 3.63) is 0 Å². The molecule has 0 aromatic carbocycles. The number of amides is 3. The molecule has 8 nitrogen and oxygen atoms in total. The highest BCUT2D eigenvalue weighted by Gasteiger charge is 2.39. The fourth-order valence-corrected chi connectivity index (χ4v) is 2.92. The van der Waals surface area contributed by atoms with E-state index in [1.165, 1.54) is 7.11 Å². The third kappa shape index (κ3) is 3.37. The van der Waals surface area contributed by atoms with Crippen molar-refractivity contribution in [2.45, 2.75) is 19.4 Å². The van der Waals surface area contributed by atoms with Crippen molar-refractivity contribution in [3.63, 3.8) is 0 Å². The molecule has 3 atom stereocenters. The zero-order valence-electron chi connectivity index (χ0n) is 12.2. The Hall–Kier alpha value is -1.99. The van der Waals surface area contributed by atoms with Crippen LogP contribution in [0.15, 0.2) is 0 Å². The van der Waals surface area contributed by atoms with E-state index < -0.39 is 18.0 Å². The molecule has 2 saturated heterocycles. The average Bonchev–Trinajstić information content (AvgIpc) is 3.04. The summed E-state index contributed by atoms with van der Waals surface area (Å²) >= 11 is 0. The Labute approximate surface area is 123 Å². The van der Waals surface area contributed by atoms with Crippen molar-refractivity contribution in [2.75, 3.05) is 33.3 Å². The van der Waals surface area contributed by atoms with Gasteiger partial charge >= 0.3 is 18.1 Å². The molecule has 8 heteroatoms. The van der Waals surface area contributed by atoms with Crippen molar-refractivity contribution in [1.29, 1.82) is 0 Å². The molecule has 118 valence electrons. The van der Waals surface area contributed by atoms with Crippen LogP contribution in [-0.4, -0.2) is 72.3 Å². The smallest absolute Gasteiger partial charge is 0.407 e. The number of hydrogen-bond donors (Lipinski definition) is 2. The molecule has 0 aromatic heterocycles. The lowest BCUT2D eigenvalue weighted by Gasteiger charge is -2.24. The largest absolute Gasteiger partial charge is 0.481 e. The zero-order chi connectivity index (χ0) is 15.6. The van der Waals surface area contributed by atoms with E-state index >= 15 is 0 Å². The average molecular weight is 299 g/mol. The molecule has 2 aliphatic heterocycles. The molecular formula is C13H21N3O5. The van der Waals surface area contributed by atoms with E-state index in [1.807, 2.05) is 6.92 Å². The number of carboxylic acids is 1. The summed E-state index contributed by atoms with van der Waals surface area (Å²) in [5, 5.41) is 11.8. The quantitative estimate of drug-likeness (QED) is 0.758. The number of hydrogen-bond acceptors (Lipinski definition) is 4. The second-order valence-corrected chi connectivity index (χ2v) is 5.68. The summed E-state index contributed by atoms with van der Waals surface area (Å²) in [6.07, 6.45) is 0.169. The molecule has 2 N–H and O–H groups in total. The fourth-order valence-electron chi connectivity index (χ4n) is 2.92. The van der Waals surface area contributed by atoms with Crippen LogP contribution in [0, 0.1) is 11.8 Å². The van der Waals surface area contributed by atoms with E-state index in [9.17, 15) is 14.4 Å². The first-order valence-electron chi connectivity index (χ1n) is 7.03. The molecule has 3 unspecified atom stereocenters. The number of urea groups is 1. The van der Waals surface area contributed by atoms with Gasteiger partial charge in [-0.15, -0.1) is 0 Å². The van der Waals surface area contributed by atoms with Gasteiger partial charge in [-0.05, 0) is 12.3 Å². The second kappa shape index (κ2) is 6.19. The SMILES string of the molecule is COC(=O)NC1CCN(C(=O)N2CC(C)C(C(=O)O)C2)C1. The number of rotatable bonds is 2. The van der Waals surface area contributed by atoms with Gasteiger partial charge in [0, 0.05) is 26.2 Å². The highest BCUT2D eigenvalue weighted by atomic mass is 16.5. The summed E-state index contributed by atoms with van der Waals surface area (Å²) in [4.78, 5) is 37.9. The summed E-state index contributed by atoms with van der Waals surface area (Å²) in [7, 11) is 1.30. The molecule has 0 saturated carbocycles. The summed E-state index contributed by atoms with van der Waals surface area (Å²) in [5.41, 5.74) is 0. The number of nitrogens with one attached hydrogen (secondary N) is 1. The predicted molar refractivity (Wildman–Crippen MR) is 72.8 cm³/mol. The Morgan fingerprint density at radius 1 is 1.19 bits per heavy atom. The van der Waals surface area contributed by atoms with Crippen LogP contribution in [0.25, 0.3) is 0 Å². The lowest BCUT2D eigenvalue weighted by atomic mass is 9.99. The van der Waals surface area contributed by atoms with Crippen molar-refractivity contribution < 1.29 is 24.2 Å². The van der Waals surface area contributed by atoms with E-state index in [2.05, 4.69) is 10.1 Å². The molecule has 0 radical (unpaired) electrons. The van der Waals surface area contributed by atoms with Gasteiger partial charge in [0.15, 0.2) is 0 Å². The summed E-state index contributed by atoms with van der Waals surface area (Å²) in [6, 6.07) is -0.267. The summed E-state index contributed by atoms with van der Waals surface area (Å²) < 4.78 is 4.53. The Morgan fingerprint density at radius 2 is 1.90 bits per heavy atom. The topological polar surface area (TPSA) is 99.2 Å². The van der Waals surface area contributed by atoms with Gasteiger partial charge in [0.05, 0.1) is 19.1 Å². The van der Waals surface area contributed by atoms with Crippen LogP contribution in [0.3, 0.4) is 0 Å². The predicted octanol–water partition coefficient (Wildman–Crippen LogP) is 0.189. The number of carboxylic acid groups (broad SMARTS) is 1. The minimum Gasteiger partial charge on any atom is -0.481 e. The number of alkyl carbamates (subject to hydrolysis) is 1. The normalized spacial score (nSPS) is 28.6. The first-order chi connectivity index (χ1) is 9.92. The van der Waals surface area contributed by atoms with E-state index in [1.54, 1.807) is 9.80 Å². The third-order valence-electron chi connectivity index (χ3n) is 4.17. The van der Waals surface area contributed by atoms with Crippen LogP contribution in [0.1, 0.15) is 13.3 Å². The number of carbonyl (C=O) groups excluding carboxylic acids is 2. The fraction of sp³-hybridized carbons (Fsp3) is 0.769. The molecule has 2 rings (SSSR count). The lowest BCUT2D eigenvalue weighted by Crippen LogP contribution is -2.43. The Balaban J connectivity index is 1.88. The maximum Gasteiger partial charge on any atom is 0.407 e. The highest BCUT2D eigenvalue weighted by Crippen LogP contribution is 2.25. The summed E-state index contributed by atoms with van der Waals surface area (Å²) in [6.45, 7) is 3.53. The van der Waals surface area contributed by atoms with Gasteiger partial charge in [0.25, 0.3) is 0 Å². The van der Waals surface area contributed by atoms with Crippen LogP contribution < -0.4 is 5.32 Å². The van der Waals surface area contributed by atoms with Crippen LogP contribution in [-0.2, 0) is 9.53 Å². The van der Waals surface area contributed by atoms with Crippen molar-refractivity contribution >= 4 is 18.1 Å². The molecule has 0 spiro atoms. The third-order valence-corrected chi connectivity index (χ3v) is 4.17. The molecule has 0 bridgehead atoms. The Morgan fingerprint density at radius 3 is 2.48 bits per heavy atom. The van der Waals surface area contributed by atoms with Gasteiger partial charge in [-0.2, -0.15) is 0 Å². The summed E-state index contributed by atoms with van der Waals surface area (Å²) in [5.74, 6) is -1.40. The molecule has 2 fully saturated rings. The second-order valence-electron chi connectivity index (χ2n) is 5.68. The van der Waals surface area contributed by atoms with Crippen molar-refractivity contribution in [1.82, 2.24) is 15.1 Å². The molecule has 21 heavy (non-hydrogen) atoms. The molecule has 2 heterocycles. The van der Waals surface area contributed by atoms with Gasteiger partial charge in [-0.25, -0.2) is 9.59 Å². The van der Waals surface area contributed by atoms with Gasteiger partial charge in [0.2, 0.25) is 0 Å². The van der Waals surface area contributed by atoms with Crippen molar-refractivity contribution in [3.8, 4) is 0 Å². The Bertz CT molecular complexity index is 442. The number of carbonyl (C=O) groups is 3. The molecule has 0 aliphatic carbocycles.